The van der Waals surface area contributed by atoms with Gasteiger partial charge in [-0.2, -0.15) is 0 Å². The Hall–Kier alpha value is -0.910. The van der Waals surface area contributed by atoms with Crippen molar-refractivity contribution in [2.45, 2.75) is 13.0 Å². The fourth-order valence-electron chi connectivity index (χ4n) is 1.56. The lowest BCUT2D eigenvalue weighted by Gasteiger charge is -2.07. The van der Waals surface area contributed by atoms with E-state index in [0.717, 1.165) is 14.9 Å². The van der Waals surface area contributed by atoms with Crippen LogP contribution in [-0.2, 0) is 13.0 Å². The summed E-state index contributed by atoms with van der Waals surface area (Å²) in [7, 11) is 0. The highest BCUT2D eigenvalue weighted by molar-refractivity contribution is 9.10. The molecule has 1 heterocycles. The van der Waals surface area contributed by atoms with Crippen molar-refractivity contribution in [2.24, 2.45) is 5.73 Å². The molecule has 2 N–H and O–H groups in total. The summed E-state index contributed by atoms with van der Waals surface area (Å²) in [5.41, 5.74) is 6.32. The number of benzene rings is 1. The molecule has 2 aromatic rings. The van der Waals surface area contributed by atoms with Crippen LogP contribution < -0.4 is 10.5 Å². The Labute approximate surface area is 118 Å². The van der Waals surface area contributed by atoms with Gasteiger partial charge in [-0.05, 0) is 52.7 Å². The number of thiophene rings is 1. The predicted molar refractivity (Wildman–Crippen MR) is 75.5 cm³/mol. The van der Waals surface area contributed by atoms with Gasteiger partial charge in [0.1, 0.15) is 6.61 Å². The van der Waals surface area contributed by atoms with Crippen molar-refractivity contribution in [3.05, 3.63) is 50.4 Å². The molecule has 0 saturated heterocycles. The first-order valence-electron chi connectivity index (χ1n) is 5.53. The molecule has 2 rings (SSSR count). The number of halogens is 2. The van der Waals surface area contributed by atoms with E-state index in [4.69, 9.17) is 10.5 Å². The highest BCUT2D eigenvalue weighted by Gasteiger charge is 2.06. The summed E-state index contributed by atoms with van der Waals surface area (Å²) in [6.07, 6.45) is 0.676. The van der Waals surface area contributed by atoms with Crippen molar-refractivity contribution >= 4 is 27.3 Å². The highest BCUT2D eigenvalue weighted by atomic mass is 79.9. The number of rotatable bonds is 5. The summed E-state index contributed by atoms with van der Waals surface area (Å²) in [4.78, 5) is 1.05. The topological polar surface area (TPSA) is 35.2 Å². The van der Waals surface area contributed by atoms with E-state index in [1.165, 1.54) is 6.07 Å². The van der Waals surface area contributed by atoms with Crippen LogP contribution in [0.5, 0.6) is 5.75 Å². The summed E-state index contributed by atoms with van der Waals surface area (Å²) in [5, 5.41) is 1.97. The van der Waals surface area contributed by atoms with Gasteiger partial charge >= 0.3 is 0 Å². The predicted octanol–water partition coefficient (Wildman–Crippen LogP) is 3.73. The van der Waals surface area contributed by atoms with Crippen molar-refractivity contribution in [3.8, 4) is 5.75 Å². The van der Waals surface area contributed by atoms with Crippen LogP contribution in [0, 0.1) is 5.82 Å². The molecule has 0 atom stereocenters. The average molecular weight is 330 g/mol. The van der Waals surface area contributed by atoms with Crippen molar-refractivity contribution in [1.29, 1.82) is 0 Å². The third kappa shape index (κ3) is 3.54. The van der Waals surface area contributed by atoms with Crippen molar-refractivity contribution in [3.63, 3.8) is 0 Å². The summed E-state index contributed by atoms with van der Waals surface area (Å²) < 4.78 is 20.2. The van der Waals surface area contributed by atoms with E-state index >= 15 is 0 Å². The number of hydrogen-bond donors (Lipinski definition) is 1. The lowest BCUT2D eigenvalue weighted by molar-refractivity contribution is 0.293. The molecule has 0 unspecified atom stereocenters. The molecule has 0 aliphatic heterocycles. The number of hydrogen-bond acceptors (Lipinski definition) is 3. The first kappa shape index (κ1) is 13.5. The molecule has 2 nitrogen and oxygen atoms in total. The van der Waals surface area contributed by atoms with Gasteiger partial charge in [0, 0.05) is 14.7 Å². The maximum atomic E-state index is 13.7. The van der Waals surface area contributed by atoms with Crippen LogP contribution >= 0.6 is 27.3 Å². The van der Waals surface area contributed by atoms with E-state index in [-0.39, 0.29) is 11.6 Å². The lowest BCUT2D eigenvalue weighted by Crippen LogP contribution is -2.03. The Morgan fingerprint density at radius 3 is 2.78 bits per heavy atom. The van der Waals surface area contributed by atoms with Gasteiger partial charge in [-0.1, -0.05) is 6.07 Å². The molecule has 0 radical (unpaired) electrons. The molecule has 0 spiro atoms. The molecule has 1 aromatic carbocycles. The zero-order valence-electron chi connectivity index (χ0n) is 9.66. The summed E-state index contributed by atoms with van der Waals surface area (Å²) >= 11 is 4.94. The maximum absolute atomic E-state index is 13.7. The van der Waals surface area contributed by atoms with Crippen LogP contribution in [0.15, 0.2) is 34.1 Å². The minimum Gasteiger partial charge on any atom is -0.485 e. The Bertz CT molecular complexity index is 529. The third-order valence-electron chi connectivity index (χ3n) is 2.42. The van der Waals surface area contributed by atoms with Gasteiger partial charge in [0.25, 0.3) is 0 Å². The second kappa shape index (κ2) is 6.31. The molecule has 0 aliphatic carbocycles. The molecule has 96 valence electrons. The molecule has 1 aromatic heterocycles. The van der Waals surface area contributed by atoms with Gasteiger partial charge in [-0.15, -0.1) is 11.3 Å². The van der Waals surface area contributed by atoms with Crippen LogP contribution in [0.4, 0.5) is 4.39 Å². The summed E-state index contributed by atoms with van der Waals surface area (Å²) in [6, 6.07) is 6.94. The van der Waals surface area contributed by atoms with Crippen molar-refractivity contribution in [2.75, 3.05) is 6.54 Å². The van der Waals surface area contributed by atoms with Gasteiger partial charge in [-0.25, -0.2) is 4.39 Å². The van der Waals surface area contributed by atoms with Gasteiger partial charge in [0.15, 0.2) is 11.6 Å². The number of ether oxygens (including phenoxy) is 1. The Morgan fingerprint density at radius 2 is 2.17 bits per heavy atom. The Balaban J connectivity index is 2.01. The van der Waals surface area contributed by atoms with E-state index in [2.05, 4.69) is 15.9 Å². The fraction of sp³-hybridized carbons (Fsp3) is 0.231. The number of nitrogens with two attached hydrogens (primary N) is 1. The standard InChI is InChI=1S/C13H13BrFNOS/c14-10-6-11(18-8-10)7-17-13-2-1-9(3-4-16)5-12(13)15/h1-2,5-6,8H,3-4,7,16H2. The van der Waals surface area contributed by atoms with Crippen LogP contribution in [0.1, 0.15) is 10.4 Å². The van der Waals surface area contributed by atoms with Gasteiger partial charge < -0.3 is 10.5 Å². The fourth-order valence-corrected chi connectivity index (χ4v) is 2.92. The molecule has 0 bridgehead atoms. The molecule has 5 heteroatoms. The largest absolute Gasteiger partial charge is 0.485 e. The molecule has 0 amide bonds. The Kier molecular flexibility index (Phi) is 4.74. The van der Waals surface area contributed by atoms with Crippen LogP contribution in [0.25, 0.3) is 0 Å². The van der Waals surface area contributed by atoms with Gasteiger partial charge in [-0.3, -0.25) is 0 Å². The van der Waals surface area contributed by atoms with Crippen LogP contribution in [0.3, 0.4) is 0 Å². The quantitative estimate of drug-likeness (QED) is 0.907. The minimum absolute atomic E-state index is 0.278. The normalized spacial score (nSPS) is 10.6. The maximum Gasteiger partial charge on any atom is 0.165 e. The summed E-state index contributed by atoms with van der Waals surface area (Å²) in [5.74, 6) is -0.0585. The molecular weight excluding hydrogens is 317 g/mol. The van der Waals surface area contributed by atoms with Crippen molar-refractivity contribution in [1.82, 2.24) is 0 Å². The monoisotopic (exact) mass is 329 g/mol. The van der Waals surface area contributed by atoms with E-state index in [9.17, 15) is 4.39 Å². The minimum atomic E-state index is -0.337. The molecule has 0 aliphatic rings. The van der Waals surface area contributed by atoms with Gasteiger partial charge in [0.05, 0.1) is 0 Å². The lowest BCUT2D eigenvalue weighted by atomic mass is 10.1. The molecule has 0 fully saturated rings. The van der Waals surface area contributed by atoms with Crippen LogP contribution in [0.2, 0.25) is 0 Å². The van der Waals surface area contributed by atoms with E-state index in [1.54, 1.807) is 17.4 Å². The van der Waals surface area contributed by atoms with Crippen LogP contribution in [-0.4, -0.2) is 6.54 Å². The van der Waals surface area contributed by atoms with Gasteiger partial charge in [0.2, 0.25) is 0 Å². The summed E-state index contributed by atoms with van der Waals surface area (Å²) in [6.45, 7) is 0.895. The zero-order valence-corrected chi connectivity index (χ0v) is 12.1. The smallest absolute Gasteiger partial charge is 0.165 e. The Morgan fingerprint density at radius 1 is 1.33 bits per heavy atom. The SMILES string of the molecule is NCCc1ccc(OCc2cc(Br)cs2)c(F)c1. The second-order valence-corrected chi connectivity index (χ2v) is 5.73. The molecular formula is C13H13BrFNOS. The van der Waals surface area contributed by atoms with E-state index in [1.807, 2.05) is 17.5 Å². The highest BCUT2D eigenvalue weighted by Crippen LogP contribution is 2.23. The molecule has 0 saturated carbocycles. The first-order valence-corrected chi connectivity index (χ1v) is 7.20. The van der Waals surface area contributed by atoms with Crippen molar-refractivity contribution < 1.29 is 9.13 Å². The third-order valence-corrected chi connectivity index (χ3v) is 4.09. The second-order valence-electron chi connectivity index (χ2n) is 3.82. The first-order chi connectivity index (χ1) is 8.69. The van der Waals surface area contributed by atoms with E-state index < -0.39 is 0 Å². The molecule has 18 heavy (non-hydrogen) atoms. The average Bonchev–Trinajstić information content (AvgIpc) is 2.74. The van der Waals surface area contributed by atoms with E-state index in [0.29, 0.717) is 19.6 Å². The zero-order chi connectivity index (χ0) is 13.0.